The Morgan fingerprint density at radius 2 is 2.00 bits per heavy atom. The first-order valence-electron chi connectivity index (χ1n) is 3.18. The Morgan fingerprint density at radius 1 is 1.40 bits per heavy atom. The predicted octanol–water partition coefficient (Wildman–Crippen LogP) is -1.41. The fourth-order valence-corrected chi connectivity index (χ4v) is 1.09. The van der Waals surface area contributed by atoms with Gasteiger partial charge in [0.05, 0.1) is 12.2 Å². The maximum atomic E-state index is 9.10. The van der Waals surface area contributed by atoms with Gasteiger partial charge < -0.3 is 10.2 Å². The number of rotatable bonds is 0. The molecule has 4 atom stereocenters. The Bertz CT molecular complexity index is 166. The number of aliphatic hydroxyl groups excluding tert-OH is 2. The highest BCUT2D eigenvalue weighted by atomic mass is 16.3. The molecule has 56 valence electrons. The first-order chi connectivity index (χ1) is 4.66. The van der Waals surface area contributed by atoms with Crippen molar-refractivity contribution in [2.45, 2.75) is 31.2 Å². The van der Waals surface area contributed by atoms with E-state index in [0.29, 0.717) is 0 Å². The van der Waals surface area contributed by atoms with Crippen molar-refractivity contribution in [2.75, 3.05) is 0 Å². The fourth-order valence-electron chi connectivity index (χ4n) is 1.09. The maximum absolute atomic E-state index is 9.10. The van der Waals surface area contributed by atoms with Gasteiger partial charge in [0.1, 0.15) is 12.1 Å². The third-order valence-electron chi connectivity index (χ3n) is 1.79. The second-order valence-corrected chi connectivity index (χ2v) is 2.54. The van der Waals surface area contributed by atoms with Gasteiger partial charge in [-0.2, -0.15) is 5.26 Å². The number of hydrogen-bond donors (Lipinski definition) is 3. The van der Waals surface area contributed by atoms with Gasteiger partial charge in [0.25, 0.3) is 0 Å². The highest BCUT2D eigenvalue weighted by Gasteiger charge is 2.38. The van der Waals surface area contributed by atoms with Crippen molar-refractivity contribution in [3.63, 3.8) is 0 Å². The van der Waals surface area contributed by atoms with Crippen LogP contribution in [0.3, 0.4) is 0 Å². The van der Waals surface area contributed by atoms with Gasteiger partial charge >= 0.3 is 0 Å². The summed E-state index contributed by atoms with van der Waals surface area (Å²) in [5.41, 5.74) is 0. The van der Waals surface area contributed by atoms with Gasteiger partial charge in [0, 0.05) is 6.04 Å². The second kappa shape index (κ2) is 2.54. The van der Waals surface area contributed by atoms with Crippen LogP contribution in [0.4, 0.5) is 0 Å². The molecule has 4 nitrogen and oxygen atoms in total. The van der Waals surface area contributed by atoms with E-state index in [4.69, 9.17) is 15.5 Å². The summed E-state index contributed by atoms with van der Waals surface area (Å²) in [6, 6.07) is 1.04. The first kappa shape index (κ1) is 7.48. The van der Waals surface area contributed by atoms with Gasteiger partial charge in [-0.1, -0.05) is 0 Å². The smallest absolute Gasteiger partial charge is 0.124 e. The molecule has 0 amide bonds. The van der Waals surface area contributed by atoms with Crippen LogP contribution in [-0.2, 0) is 0 Å². The van der Waals surface area contributed by atoms with Gasteiger partial charge in [-0.3, -0.25) is 5.32 Å². The Morgan fingerprint density at radius 3 is 2.20 bits per heavy atom. The Hall–Kier alpha value is -0.630. The summed E-state index contributed by atoms with van der Waals surface area (Å²) in [6.45, 7) is 1.73. The van der Waals surface area contributed by atoms with Crippen LogP contribution >= 0.6 is 0 Å². The Kier molecular flexibility index (Phi) is 1.90. The molecule has 1 aliphatic heterocycles. The number of aliphatic hydroxyl groups is 2. The van der Waals surface area contributed by atoms with E-state index < -0.39 is 18.2 Å². The normalized spacial score (nSPS) is 47.0. The molecule has 0 spiro atoms. The number of nitrogens with one attached hydrogen (secondary N) is 1. The van der Waals surface area contributed by atoms with Crippen molar-refractivity contribution in [1.29, 1.82) is 5.26 Å². The molecule has 1 saturated heterocycles. The van der Waals surface area contributed by atoms with Gasteiger partial charge in [0.15, 0.2) is 0 Å². The maximum Gasteiger partial charge on any atom is 0.124 e. The third kappa shape index (κ3) is 0.991. The van der Waals surface area contributed by atoms with Crippen molar-refractivity contribution >= 4 is 0 Å². The van der Waals surface area contributed by atoms with Crippen molar-refractivity contribution in [1.82, 2.24) is 5.32 Å². The molecule has 1 rings (SSSR count). The van der Waals surface area contributed by atoms with Crippen LogP contribution in [0, 0.1) is 11.3 Å². The molecular formula is C6H10N2O2. The monoisotopic (exact) mass is 142 g/mol. The molecule has 1 heterocycles. The van der Waals surface area contributed by atoms with Gasteiger partial charge in [-0.05, 0) is 6.92 Å². The van der Waals surface area contributed by atoms with Crippen LogP contribution in [0.2, 0.25) is 0 Å². The molecule has 0 aromatic heterocycles. The van der Waals surface area contributed by atoms with Crippen LogP contribution in [0.1, 0.15) is 6.92 Å². The summed E-state index contributed by atoms with van der Waals surface area (Å²) in [5.74, 6) is 0. The summed E-state index contributed by atoms with van der Waals surface area (Å²) in [5, 5.41) is 29.3. The van der Waals surface area contributed by atoms with Gasteiger partial charge in [-0.15, -0.1) is 0 Å². The van der Waals surface area contributed by atoms with Gasteiger partial charge in [0.2, 0.25) is 0 Å². The molecule has 10 heavy (non-hydrogen) atoms. The quantitative estimate of drug-likeness (QED) is 0.388. The summed E-state index contributed by atoms with van der Waals surface area (Å²) < 4.78 is 0. The lowest BCUT2D eigenvalue weighted by Crippen LogP contribution is -2.31. The zero-order valence-electron chi connectivity index (χ0n) is 5.65. The lowest BCUT2D eigenvalue weighted by atomic mass is 10.1. The van der Waals surface area contributed by atoms with Crippen LogP contribution < -0.4 is 5.32 Å². The zero-order chi connectivity index (χ0) is 7.72. The molecule has 1 aliphatic rings. The number of hydrogen-bond acceptors (Lipinski definition) is 4. The highest BCUT2D eigenvalue weighted by Crippen LogP contribution is 2.12. The van der Waals surface area contributed by atoms with Crippen LogP contribution in [0.25, 0.3) is 0 Å². The largest absolute Gasteiger partial charge is 0.389 e. The molecule has 0 saturated carbocycles. The van der Waals surface area contributed by atoms with Crippen LogP contribution in [0.5, 0.6) is 0 Å². The van der Waals surface area contributed by atoms with E-state index in [1.54, 1.807) is 6.92 Å². The molecule has 0 aliphatic carbocycles. The minimum absolute atomic E-state index is 0.195. The van der Waals surface area contributed by atoms with Crippen molar-refractivity contribution in [3.8, 4) is 6.07 Å². The Labute approximate surface area is 59.1 Å². The number of nitriles is 1. The average Bonchev–Trinajstić information content (AvgIpc) is 2.17. The average molecular weight is 142 g/mol. The molecule has 1 unspecified atom stereocenters. The SMILES string of the molecule is C[C@@H]1NC(C#N)[C@@H](O)[C@@H]1O. The van der Waals surface area contributed by atoms with E-state index in [-0.39, 0.29) is 6.04 Å². The van der Waals surface area contributed by atoms with Crippen LogP contribution in [-0.4, -0.2) is 34.5 Å². The summed E-state index contributed by atoms with van der Waals surface area (Å²) >= 11 is 0. The van der Waals surface area contributed by atoms with Crippen molar-refractivity contribution < 1.29 is 10.2 Å². The summed E-state index contributed by atoms with van der Waals surface area (Å²) in [4.78, 5) is 0. The second-order valence-electron chi connectivity index (χ2n) is 2.54. The lowest BCUT2D eigenvalue weighted by molar-refractivity contribution is 0.0367. The lowest BCUT2D eigenvalue weighted by Gasteiger charge is -2.09. The number of nitrogens with zero attached hydrogens (tertiary/aromatic N) is 1. The summed E-state index contributed by atoms with van der Waals surface area (Å²) in [7, 11) is 0. The topological polar surface area (TPSA) is 76.3 Å². The molecule has 1 fully saturated rings. The molecule has 4 heteroatoms. The van der Waals surface area contributed by atoms with Gasteiger partial charge in [-0.25, -0.2) is 0 Å². The molecule has 0 radical (unpaired) electrons. The zero-order valence-corrected chi connectivity index (χ0v) is 5.65. The van der Waals surface area contributed by atoms with Crippen molar-refractivity contribution in [2.24, 2.45) is 0 Å². The minimum atomic E-state index is -0.944. The summed E-state index contributed by atoms with van der Waals surface area (Å²) in [6.07, 6.45) is -1.76. The standard InChI is InChI=1S/C6H10N2O2/c1-3-5(9)6(10)4(2-7)8-3/h3-6,8-10H,1H3/t3-,4?,5+,6+/m0/s1. The van der Waals surface area contributed by atoms with E-state index in [2.05, 4.69) is 5.32 Å². The third-order valence-corrected chi connectivity index (χ3v) is 1.79. The van der Waals surface area contributed by atoms with Crippen LogP contribution in [0.15, 0.2) is 0 Å². The predicted molar refractivity (Wildman–Crippen MR) is 34.0 cm³/mol. The van der Waals surface area contributed by atoms with E-state index >= 15 is 0 Å². The molecule has 3 N–H and O–H groups in total. The first-order valence-corrected chi connectivity index (χ1v) is 3.18. The van der Waals surface area contributed by atoms with E-state index in [1.807, 2.05) is 6.07 Å². The molecule has 0 aromatic carbocycles. The van der Waals surface area contributed by atoms with E-state index in [9.17, 15) is 0 Å². The van der Waals surface area contributed by atoms with E-state index in [1.165, 1.54) is 0 Å². The van der Waals surface area contributed by atoms with Crippen molar-refractivity contribution in [3.05, 3.63) is 0 Å². The highest BCUT2D eigenvalue weighted by molar-refractivity contribution is 5.06. The van der Waals surface area contributed by atoms with E-state index in [0.717, 1.165) is 0 Å². The fraction of sp³-hybridized carbons (Fsp3) is 0.833. The molecule has 0 bridgehead atoms. The Balaban J connectivity index is 2.64. The molecular weight excluding hydrogens is 132 g/mol. The molecule has 0 aromatic rings. The minimum Gasteiger partial charge on any atom is -0.389 e.